The molecule has 3 aromatic heterocycles. The second-order valence-corrected chi connectivity index (χ2v) is 6.84. The van der Waals surface area contributed by atoms with E-state index < -0.39 is 10.0 Å². The van der Waals surface area contributed by atoms with Gasteiger partial charge in [-0.25, -0.2) is 18.1 Å². The zero-order valence-corrected chi connectivity index (χ0v) is 13.5. The molecule has 0 unspecified atom stereocenters. The zero-order chi connectivity index (χ0) is 17.3. The number of anilines is 1. The molecule has 0 aliphatic heterocycles. The van der Waals surface area contributed by atoms with Gasteiger partial charge in [0.15, 0.2) is 5.65 Å². The number of hydrogen-bond donors (Lipinski definition) is 2. The molecule has 0 spiro atoms. The summed E-state index contributed by atoms with van der Waals surface area (Å²) in [5.41, 5.74) is 2.55. The maximum Gasteiger partial charge on any atom is 0.249 e. The highest BCUT2D eigenvalue weighted by Gasteiger charge is 2.09. The van der Waals surface area contributed by atoms with Gasteiger partial charge in [0.25, 0.3) is 0 Å². The SMILES string of the molecule is CC(=O)Nc1nc2ccc(-c3cncc(CS(N)(=O)=O)c3)cn2n1. The Kier molecular flexibility index (Phi) is 3.99. The normalized spacial score (nSPS) is 11.6. The number of carbonyl (C=O) groups excluding carboxylic acids is 1. The van der Waals surface area contributed by atoms with E-state index in [0.717, 1.165) is 11.1 Å². The number of fused-ring (bicyclic) bond motifs is 1. The minimum Gasteiger partial charge on any atom is -0.293 e. The van der Waals surface area contributed by atoms with Crippen molar-refractivity contribution in [3.05, 3.63) is 42.4 Å². The van der Waals surface area contributed by atoms with Gasteiger partial charge in [-0.1, -0.05) is 0 Å². The molecule has 3 rings (SSSR count). The lowest BCUT2D eigenvalue weighted by Crippen LogP contribution is -2.14. The minimum absolute atomic E-state index is 0.209. The summed E-state index contributed by atoms with van der Waals surface area (Å²) >= 11 is 0. The van der Waals surface area contributed by atoms with Crippen molar-refractivity contribution >= 4 is 27.5 Å². The van der Waals surface area contributed by atoms with Crippen LogP contribution in [0.25, 0.3) is 16.8 Å². The Morgan fingerprint density at radius 3 is 2.79 bits per heavy atom. The number of nitrogens with two attached hydrogens (primary N) is 1. The standard InChI is InChI=1S/C14H14N6O3S/c1-9(21)17-14-18-13-3-2-11(7-20(13)19-14)12-4-10(5-16-6-12)8-24(15,22)23/h2-7H,8H2,1H3,(H2,15,22,23)(H,17,19,21). The van der Waals surface area contributed by atoms with E-state index in [1.165, 1.54) is 17.6 Å². The molecule has 0 aliphatic carbocycles. The quantitative estimate of drug-likeness (QED) is 0.708. The van der Waals surface area contributed by atoms with Gasteiger partial charge < -0.3 is 0 Å². The Morgan fingerprint density at radius 1 is 1.29 bits per heavy atom. The summed E-state index contributed by atoms with van der Waals surface area (Å²) in [7, 11) is -3.63. The molecular weight excluding hydrogens is 332 g/mol. The van der Waals surface area contributed by atoms with Crippen LogP contribution in [-0.4, -0.2) is 33.9 Å². The van der Waals surface area contributed by atoms with E-state index in [-0.39, 0.29) is 17.6 Å². The van der Waals surface area contributed by atoms with Gasteiger partial charge in [-0.3, -0.25) is 15.1 Å². The van der Waals surface area contributed by atoms with Crippen LogP contribution in [0.2, 0.25) is 0 Å². The van der Waals surface area contributed by atoms with Crippen molar-refractivity contribution in [2.75, 3.05) is 5.32 Å². The van der Waals surface area contributed by atoms with Crippen molar-refractivity contribution in [2.24, 2.45) is 5.14 Å². The summed E-state index contributed by atoms with van der Waals surface area (Å²) in [4.78, 5) is 19.3. The van der Waals surface area contributed by atoms with E-state index in [1.807, 2.05) is 0 Å². The third-order valence-corrected chi connectivity index (χ3v) is 3.85. The van der Waals surface area contributed by atoms with Crippen molar-refractivity contribution in [3.8, 4) is 11.1 Å². The van der Waals surface area contributed by atoms with Crippen LogP contribution in [-0.2, 0) is 20.6 Å². The van der Waals surface area contributed by atoms with Crippen LogP contribution in [0.15, 0.2) is 36.8 Å². The van der Waals surface area contributed by atoms with Gasteiger partial charge in [-0.2, -0.15) is 4.98 Å². The molecule has 0 aliphatic rings. The van der Waals surface area contributed by atoms with E-state index in [1.54, 1.807) is 30.6 Å². The second-order valence-electron chi connectivity index (χ2n) is 5.23. The zero-order valence-electron chi connectivity index (χ0n) is 12.7. The maximum atomic E-state index is 11.2. The van der Waals surface area contributed by atoms with E-state index >= 15 is 0 Å². The number of primary sulfonamides is 1. The fourth-order valence-corrected chi connectivity index (χ4v) is 2.84. The second kappa shape index (κ2) is 5.98. The maximum absolute atomic E-state index is 11.2. The first-order valence-corrected chi connectivity index (χ1v) is 8.60. The molecule has 0 fully saturated rings. The lowest BCUT2D eigenvalue weighted by Gasteiger charge is -2.04. The third-order valence-electron chi connectivity index (χ3n) is 3.11. The summed E-state index contributed by atoms with van der Waals surface area (Å²) in [6.45, 7) is 1.37. The number of nitrogens with zero attached hydrogens (tertiary/aromatic N) is 4. The smallest absolute Gasteiger partial charge is 0.249 e. The van der Waals surface area contributed by atoms with Crippen molar-refractivity contribution < 1.29 is 13.2 Å². The lowest BCUT2D eigenvalue weighted by molar-refractivity contribution is -0.114. The molecule has 3 aromatic rings. The molecule has 0 aromatic carbocycles. The first kappa shape index (κ1) is 16.0. The van der Waals surface area contributed by atoms with Crippen LogP contribution in [0.5, 0.6) is 0 Å². The van der Waals surface area contributed by atoms with Crippen molar-refractivity contribution in [2.45, 2.75) is 12.7 Å². The number of rotatable bonds is 4. The Bertz CT molecular complexity index is 1030. The fourth-order valence-electron chi connectivity index (χ4n) is 2.22. The number of hydrogen-bond acceptors (Lipinski definition) is 6. The molecular formula is C14H14N6O3S. The van der Waals surface area contributed by atoms with Gasteiger partial charge in [0.2, 0.25) is 21.9 Å². The molecule has 0 atom stereocenters. The monoisotopic (exact) mass is 346 g/mol. The summed E-state index contributed by atoms with van der Waals surface area (Å²) in [5.74, 6) is -0.335. The highest BCUT2D eigenvalue weighted by atomic mass is 32.2. The van der Waals surface area contributed by atoms with Gasteiger partial charge in [0.05, 0.1) is 5.75 Å². The Labute approximate surface area is 137 Å². The van der Waals surface area contributed by atoms with Crippen LogP contribution in [0.3, 0.4) is 0 Å². The molecule has 3 heterocycles. The highest BCUT2D eigenvalue weighted by Crippen LogP contribution is 2.21. The van der Waals surface area contributed by atoms with Crippen LogP contribution in [0.1, 0.15) is 12.5 Å². The molecule has 9 nitrogen and oxygen atoms in total. The minimum atomic E-state index is -3.63. The average Bonchev–Trinajstić information content (AvgIpc) is 2.85. The molecule has 24 heavy (non-hydrogen) atoms. The van der Waals surface area contributed by atoms with Crippen LogP contribution < -0.4 is 10.5 Å². The first-order valence-electron chi connectivity index (χ1n) is 6.89. The predicted molar refractivity (Wildman–Crippen MR) is 87.3 cm³/mol. The number of nitrogens with one attached hydrogen (secondary N) is 1. The predicted octanol–water partition coefficient (Wildman–Crippen LogP) is 0.538. The van der Waals surface area contributed by atoms with E-state index in [2.05, 4.69) is 20.4 Å². The van der Waals surface area contributed by atoms with Gasteiger partial charge in [0.1, 0.15) is 0 Å². The van der Waals surface area contributed by atoms with Crippen LogP contribution in [0, 0.1) is 0 Å². The molecule has 3 N–H and O–H groups in total. The van der Waals surface area contributed by atoms with Gasteiger partial charge >= 0.3 is 0 Å². The average molecular weight is 346 g/mol. The molecule has 0 bridgehead atoms. The number of carbonyl (C=O) groups is 1. The topological polar surface area (TPSA) is 132 Å². The van der Waals surface area contributed by atoms with Crippen LogP contribution in [0.4, 0.5) is 5.95 Å². The molecule has 124 valence electrons. The van der Waals surface area contributed by atoms with Crippen LogP contribution >= 0.6 is 0 Å². The summed E-state index contributed by atoms with van der Waals surface area (Å²) < 4.78 is 23.9. The van der Waals surface area contributed by atoms with Crippen molar-refractivity contribution in [3.63, 3.8) is 0 Å². The van der Waals surface area contributed by atoms with E-state index in [0.29, 0.717) is 11.2 Å². The van der Waals surface area contributed by atoms with Crippen molar-refractivity contribution in [1.29, 1.82) is 0 Å². The number of pyridine rings is 2. The Hall–Kier alpha value is -2.85. The third kappa shape index (κ3) is 3.73. The fraction of sp³-hybridized carbons (Fsp3) is 0.143. The number of aromatic nitrogens is 4. The van der Waals surface area contributed by atoms with Crippen molar-refractivity contribution in [1.82, 2.24) is 19.6 Å². The van der Waals surface area contributed by atoms with E-state index in [9.17, 15) is 13.2 Å². The largest absolute Gasteiger partial charge is 0.293 e. The Balaban J connectivity index is 1.97. The molecule has 1 amide bonds. The molecule has 0 saturated heterocycles. The summed E-state index contributed by atoms with van der Waals surface area (Å²) in [6, 6.07) is 5.24. The lowest BCUT2D eigenvalue weighted by atomic mass is 10.1. The number of amides is 1. The summed E-state index contributed by atoms with van der Waals surface area (Å²) in [5, 5.41) is 11.7. The van der Waals surface area contributed by atoms with Gasteiger partial charge in [-0.05, 0) is 23.8 Å². The van der Waals surface area contributed by atoms with Gasteiger partial charge in [-0.15, -0.1) is 5.10 Å². The highest BCUT2D eigenvalue weighted by molar-refractivity contribution is 7.88. The molecule has 0 saturated carbocycles. The summed E-state index contributed by atoms with van der Waals surface area (Å²) in [6.07, 6.45) is 4.78. The van der Waals surface area contributed by atoms with E-state index in [4.69, 9.17) is 5.14 Å². The number of sulfonamides is 1. The molecule has 10 heteroatoms. The first-order chi connectivity index (χ1) is 11.3. The Morgan fingerprint density at radius 2 is 2.08 bits per heavy atom. The van der Waals surface area contributed by atoms with Gasteiger partial charge in [0, 0.05) is 36.6 Å². The molecule has 0 radical (unpaired) electrons.